The Morgan fingerprint density at radius 3 is 3.17 bits per heavy atom. The highest BCUT2D eigenvalue weighted by Crippen LogP contribution is 2.04. The molecule has 0 atom stereocenters. The maximum atomic E-state index is 7.22. The molecule has 12 heavy (non-hydrogen) atoms. The molecule has 5 nitrogen and oxygen atoms in total. The van der Waals surface area contributed by atoms with Crippen LogP contribution in [0.25, 0.3) is 5.65 Å². The van der Waals surface area contributed by atoms with E-state index in [1.165, 1.54) is 6.20 Å². The fourth-order valence-corrected chi connectivity index (χ4v) is 1.02. The van der Waals surface area contributed by atoms with E-state index in [2.05, 4.69) is 10.1 Å². The van der Waals surface area contributed by atoms with Gasteiger partial charge in [-0.15, -0.1) is 0 Å². The van der Waals surface area contributed by atoms with Gasteiger partial charge in [0, 0.05) is 12.4 Å². The second-order valence-corrected chi connectivity index (χ2v) is 2.36. The van der Waals surface area contributed by atoms with Crippen molar-refractivity contribution in [2.24, 2.45) is 5.73 Å². The Morgan fingerprint density at radius 1 is 1.58 bits per heavy atom. The van der Waals surface area contributed by atoms with Crippen LogP contribution < -0.4 is 5.73 Å². The molecule has 0 aliphatic rings. The van der Waals surface area contributed by atoms with E-state index in [0.717, 1.165) is 0 Å². The predicted octanol–water partition coefficient (Wildman–Crippen LogP) is 0.0134. The zero-order valence-corrected chi connectivity index (χ0v) is 6.23. The van der Waals surface area contributed by atoms with Crippen molar-refractivity contribution in [2.45, 2.75) is 0 Å². The van der Waals surface area contributed by atoms with Gasteiger partial charge < -0.3 is 5.73 Å². The SMILES string of the molecule is N=C(N)c1cnn2cccnc12. The first-order valence-corrected chi connectivity index (χ1v) is 3.42. The highest BCUT2D eigenvalue weighted by atomic mass is 15.2. The third-order valence-corrected chi connectivity index (χ3v) is 1.57. The molecule has 0 aromatic carbocycles. The van der Waals surface area contributed by atoms with Crippen LogP contribution in [0.5, 0.6) is 0 Å². The molecule has 0 saturated heterocycles. The molecule has 0 aliphatic heterocycles. The zero-order valence-electron chi connectivity index (χ0n) is 6.23. The molecule has 0 fully saturated rings. The van der Waals surface area contributed by atoms with Gasteiger partial charge in [0.1, 0.15) is 5.84 Å². The number of nitrogens with two attached hydrogens (primary N) is 1. The van der Waals surface area contributed by atoms with E-state index in [4.69, 9.17) is 11.1 Å². The minimum Gasteiger partial charge on any atom is -0.384 e. The van der Waals surface area contributed by atoms with E-state index >= 15 is 0 Å². The molecule has 0 radical (unpaired) electrons. The van der Waals surface area contributed by atoms with Gasteiger partial charge in [-0.25, -0.2) is 9.50 Å². The molecule has 0 bridgehead atoms. The van der Waals surface area contributed by atoms with E-state index in [1.54, 1.807) is 23.0 Å². The lowest BCUT2D eigenvalue weighted by Gasteiger charge is -1.92. The number of hydrogen-bond acceptors (Lipinski definition) is 3. The normalized spacial score (nSPS) is 10.3. The number of amidine groups is 1. The fourth-order valence-electron chi connectivity index (χ4n) is 1.02. The van der Waals surface area contributed by atoms with Crippen molar-refractivity contribution in [1.29, 1.82) is 5.41 Å². The molecule has 60 valence electrons. The average Bonchev–Trinajstić information content (AvgIpc) is 2.47. The Bertz CT molecular complexity index is 430. The highest BCUT2D eigenvalue weighted by Gasteiger charge is 2.05. The molecule has 2 rings (SSSR count). The highest BCUT2D eigenvalue weighted by molar-refractivity contribution is 6.00. The maximum Gasteiger partial charge on any atom is 0.165 e. The Morgan fingerprint density at radius 2 is 2.42 bits per heavy atom. The number of nitrogen functional groups attached to an aromatic ring is 1. The monoisotopic (exact) mass is 161 g/mol. The summed E-state index contributed by atoms with van der Waals surface area (Å²) in [5.41, 5.74) is 6.50. The fraction of sp³-hybridized carbons (Fsp3) is 0. The molecule has 3 N–H and O–H groups in total. The third kappa shape index (κ3) is 0.833. The Labute approximate surface area is 68.3 Å². The average molecular weight is 161 g/mol. The molecule has 5 heteroatoms. The quantitative estimate of drug-likeness (QED) is 0.456. The van der Waals surface area contributed by atoms with Crippen LogP contribution in [0.2, 0.25) is 0 Å². The van der Waals surface area contributed by atoms with Gasteiger partial charge in [0.2, 0.25) is 0 Å². The van der Waals surface area contributed by atoms with E-state index < -0.39 is 0 Å². The van der Waals surface area contributed by atoms with Crippen molar-refractivity contribution >= 4 is 11.5 Å². The summed E-state index contributed by atoms with van der Waals surface area (Å²) in [5.74, 6) is -0.0105. The zero-order chi connectivity index (χ0) is 8.55. The van der Waals surface area contributed by atoms with Crippen molar-refractivity contribution < 1.29 is 0 Å². The van der Waals surface area contributed by atoms with Gasteiger partial charge in [-0.3, -0.25) is 5.41 Å². The van der Waals surface area contributed by atoms with Crippen molar-refractivity contribution in [3.8, 4) is 0 Å². The first-order valence-electron chi connectivity index (χ1n) is 3.42. The number of rotatable bonds is 1. The van der Waals surface area contributed by atoms with Gasteiger partial charge in [0.05, 0.1) is 11.8 Å². The largest absolute Gasteiger partial charge is 0.384 e. The predicted molar refractivity (Wildman–Crippen MR) is 44.0 cm³/mol. The summed E-state index contributed by atoms with van der Waals surface area (Å²) >= 11 is 0. The first kappa shape index (κ1) is 6.78. The van der Waals surface area contributed by atoms with Crippen molar-refractivity contribution in [3.05, 3.63) is 30.2 Å². The molecule has 0 unspecified atom stereocenters. The third-order valence-electron chi connectivity index (χ3n) is 1.57. The summed E-state index contributed by atoms with van der Waals surface area (Å²) < 4.78 is 1.58. The van der Waals surface area contributed by atoms with E-state index in [9.17, 15) is 0 Å². The summed E-state index contributed by atoms with van der Waals surface area (Å²) in [5, 5.41) is 11.2. The first-order chi connectivity index (χ1) is 5.79. The van der Waals surface area contributed by atoms with Crippen molar-refractivity contribution in [3.63, 3.8) is 0 Å². The van der Waals surface area contributed by atoms with E-state index in [0.29, 0.717) is 11.2 Å². The van der Waals surface area contributed by atoms with Gasteiger partial charge in [-0.2, -0.15) is 5.10 Å². The van der Waals surface area contributed by atoms with Crippen LogP contribution in [0.15, 0.2) is 24.7 Å². The number of aromatic nitrogens is 3. The topological polar surface area (TPSA) is 80.1 Å². The molecule has 0 amide bonds. The van der Waals surface area contributed by atoms with Gasteiger partial charge in [0.25, 0.3) is 0 Å². The summed E-state index contributed by atoms with van der Waals surface area (Å²) in [6, 6.07) is 1.77. The Hall–Kier alpha value is -1.91. The molecule has 0 aliphatic carbocycles. The molecule has 2 aromatic heterocycles. The smallest absolute Gasteiger partial charge is 0.165 e. The lowest BCUT2D eigenvalue weighted by Crippen LogP contribution is -2.10. The van der Waals surface area contributed by atoms with Gasteiger partial charge in [-0.05, 0) is 6.07 Å². The molecule has 2 heterocycles. The van der Waals surface area contributed by atoms with Crippen LogP contribution in [-0.4, -0.2) is 20.4 Å². The van der Waals surface area contributed by atoms with E-state index in [1.807, 2.05) is 0 Å². The van der Waals surface area contributed by atoms with Crippen molar-refractivity contribution in [1.82, 2.24) is 14.6 Å². The number of nitrogens with one attached hydrogen (secondary N) is 1. The summed E-state index contributed by atoms with van der Waals surface area (Å²) in [6.45, 7) is 0. The summed E-state index contributed by atoms with van der Waals surface area (Å²) in [7, 11) is 0. The van der Waals surface area contributed by atoms with Crippen LogP contribution in [-0.2, 0) is 0 Å². The number of fused-ring (bicyclic) bond motifs is 1. The second kappa shape index (κ2) is 2.30. The van der Waals surface area contributed by atoms with Gasteiger partial charge in [-0.1, -0.05) is 0 Å². The van der Waals surface area contributed by atoms with Gasteiger partial charge >= 0.3 is 0 Å². The Kier molecular flexibility index (Phi) is 1.30. The minimum atomic E-state index is -0.0105. The van der Waals surface area contributed by atoms with Gasteiger partial charge in [0.15, 0.2) is 5.65 Å². The van der Waals surface area contributed by atoms with Crippen LogP contribution in [0.4, 0.5) is 0 Å². The molecular formula is C7H7N5. The maximum absolute atomic E-state index is 7.22. The van der Waals surface area contributed by atoms with Crippen LogP contribution in [0, 0.1) is 5.41 Å². The lowest BCUT2D eigenvalue weighted by molar-refractivity contribution is 0.939. The Balaban J connectivity index is 2.79. The standard InChI is InChI=1S/C7H7N5/c8-6(9)5-4-11-12-3-1-2-10-7(5)12/h1-4H,(H3,8,9). The number of hydrogen-bond donors (Lipinski definition) is 2. The minimum absolute atomic E-state index is 0.0105. The summed E-state index contributed by atoms with van der Waals surface area (Å²) in [6.07, 6.45) is 4.93. The van der Waals surface area contributed by atoms with Crippen LogP contribution in [0.1, 0.15) is 5.56 Å². The van der Waals surface area contributed by atoms with E-state index in [-0.39, 0.29) is 5.84 Å². The van der Waals surface area contributed by atoms with Crippen LogP contribution in [0.3, 0.4) is 0 Å². The second-order valence-electron chi connectivity index (χ2n) is 2.36. The molecule has 2 aromatic rings. The van der Waals surface area contributed by atoms with Crippen LogP contribution >= 0.6 is 0 Å². The molecule has 0 saturated carbocycles. The molecule has 0 spiro atoms. The van der Waals surface area contributed by atoms with Crippen molar-refractivity contribution in [2.75, 3.05) is 0 Å². The summed E-state index contributed by atoms with van der Waals surface area (Å²) in [4.78, 5) is 4.04. The number of nitrogens with zero attached hydrogens (tertiary/aromatic N) is 3. The molecular weight excluding hydrogens is 154 g/mol. The lowest BCUT2D eigenvalue weighted by atomic mass is 10.3.